The van der Waals surface area contributed by atoms with Crippen molar-refractivity contribution in [2.45, 2.75) is 33.1 Å². The Morgan fingerprint density at radius 1 is 1.22 bits per heavy atom. The van der Waals surface area contributed by atoms with E-state index in [9.17, 15) is 9.59 Å². The molecule has 0 bridgehead atoms. The van der Waals surface area contributed by atoms with Gasteiger partial charge in [-0.2, -0.15) is 0 Å². The Kier molecular flexibility index (Phi) is 4.37. The zero-order chi connectivity index (χ0) is 13.9. The second-order valence-corrected chi connectivity index (χ2v) is 4.46. The number of rotatable bonds is 5. The molecule has 0 spiro atoms. The van der Waals surface area contributed by atoms with Gasteiger partial charge in [0.15, 0.2) is 5.78 Å². The van der Waals surface area contributed by atoms with E-state index in [0.29, 0.717) is 5.56 Å². The van der Waals surface area contributed by atoms with Gasteiger partial charge in [-0.1, -0.05) is 20.8 Å². The van der Waals surface area contributed by atoms with E-state index in [1.165, 1.54) is 6.07 Å². The number of carbonyl (C=O) groups excluding carboxylic acids is 1. The summed E-state index contributed by atoms with van der Waals surface area (Å²) in [5.41, 5.74) is 1.19. The fourth-order valence-electron chi connectivity index (χ4n) is 1.59. The van der Waals surface area contributed by atoms with Crippen molar-refractivity contribution in [1.29, 1.82) is 5.41 Å². The molecule has 0 saturated carbocycles. The molecule has 0 aliphatic heterocycles. The summed E-state index contributed by atoms with van der Waals surface area (Å²) in [7, 11) is 0. The first-order valence-corrected chi connectivity index (χ1v) is 5.87. The summed E-state index contributed by atoms with van der Waals surface area (Å²) in [5, 5.41) is 16.8. The number of hydrogen-bond acceptors (Lipinski definition) is 3. The van der Waals surface area contributed by atoms with E-state index >= 15 is 0 Å². The van der Waals surface area contributed by atoms with Crippen LogP contribution in [0.5, 0.6) is 0 Å². The summed E-state index contributed by atoms with van der Waals surface area (Å²) in [5.74, 6) is -1.18. The van der Waals surface area contributed by atoms with Gasteiger partial charge in [0, 0.05) is 12.0 Å². The average molecular weight is 247 g/mol. The van der Waals surface area contributed by atoms with E-state index < -0.39 is 5.97 Å². The minimum Gasteiger partial charge on any atom is -0.478 e. The number of carboxylic acid groups (broad SMARTS) is 1. The molecule has 2 N–H and O–H groups in total. The van der Waals surface area contributed by atoms with Crippen LogP contribution in [0.2, 0.25) is 0 Å². The lowest BCUT2D eigenvalue weighted by Gasteiger charge is -2.10. The van der Waals surface area contributed by atoms with E-state index in [1.807, 2.05) is 13.8 Å². The maximum Gasteiger partial charge on any atom is 0.335 e. The maximum absolute atomic E-state index is 11.5. The van der Waals surface area contributed by atoms with Gasteiger partial charge in [0.05, 0.1) is 5.56 Å². The third-order valence-electron chi connectivity index (χ3n) is 2.76. The van der Waals surface area contributed by atoms with Gasteiger partial charge in [0.25, 0.3) is 0 Å². The monoisotopic (exact) mass is 247 g/mol. The lowest BCUT2D eigenvalue weighted by atomic mass is 9.94. The standard InChI is InChI=1S/C14H17NO3/c1-4-12(16)13(15)10-5-9(8(2)3)6-11(7-10)14(17)18/h5-8,15H,4H2,1-3H3,(H,17,18). The number of Topliss-reactive ketones (excluding diaryl/α,β-unsaturated/α-hetero) is 1. The van der Waals surface area contributed by atoms with Crippen LogP contribution in [0, 0.1) is 5.41 Å². The Morgan fingerprint density at radius 3 is 2.22 bits per heavy atom. The number of hydrogen-bond donors (Lipinski definition) is 2. The molecule has 0 aliphatic rings. The highest BCUT2D eigenvalue weighted by molar-refractivity contribution is 6.45. The van der Waals surface area contributed by atoms with Gasteiger partial charge in [-0.3, -0.25) is 10.2 Å². The molecule has 0 aromatic heterocycles. The molecule has 0 aliphatic carbocycles. The predicted molar refractivity (Wildman–Crippen MR) is 69.6 cm³/mol. The van der Waals surface area contributed by atoms with E-state index in [4.69, 9.17) is 10.5 Å². The van der Waals surface area contributed by atoms with Crippen molar-refractivity contribution < 1.29 is 14.7 Å². The number of carboxylic acids is 1. The molecule has 0 atom stereocenters. The second kappa shape index (κ2) is 5.58. The van der Waals surface area contributed by atoms with E-state index in [0.717, 1.165) is 5.56 Å². The van der Waals surface area contributed by atoms with Crippen LogP contribution in [-0.4, -0.2) is 22.6 Å². The van der Waals surface area contributed by atoms with Crippen molar-refractivity contribution in [1.82, 2.24) is 0 Å². The molecule has 4 heteroatoms. The van der Waals surface area contributed by atoms with Gasteiger partial charge in [-0.15, -0.1) is 0 Å². The van der Waals surface area contributed by atoms with Gasteiger partial charge in [0.1, 0.15) is 5.71 Å². The fraction of sp³-hybridized carbons (Fsp3) is 0.357. The van der Waals surface area contributed by atoms with Gasteiger partial charge in [-0.05, 0) is 29.7 Å². The number of nitrogens with one attached hydrogen (secondary N) is 1. The normalized spacial score (nSPS) is 10.4. The average Bonchev–Trinajstić information content (AvgIpc) is 2.36. The maximum atomic E-state index is 11.5. The molecule has 0 unspecified atom stereocenters. The molecule has 18 heavy (non-hydrogen) atoms. The number of ketones is 1. The quantitative estimate of drug-likeness (QED) is 0.785. The molecule has 0 fully saturated rings. The molecule has 1 rings (SSSR count). The van der Waals surface area contributed by atoms with Crippen LogP contribution in [-0.2, 0) is 4.79 Å². The predicted octanol–water partition coefficient (Wildman–Crippen LogP) is 2.86. The Bertz CT molecular complexity index is 504. The minimum absolute atomic E-state index is 0.116. The third-order valence-corrected chi connectivity index (χ3v) is 2.76. The van der Waals surface area contributed by atoms with Crippen LogP contribution in [0.1, 0.15) is 54.6 Å². The second-order valence-electron chi connectivity index (χ2n) is 4.46. The molecule has 1 aromatic carbocycles. The Labute approximate surface area is 106 Å². The molecule has 0 heterocycles. The molecule has 96 valence electrons. The minimum atomic E-state index is -1.05. The van der Waals surface area contributed by atoms with Crippen LogP contribution < -0.4 is 0 Å². The molecule has 0 radical (unpaired) electrons. The van der Waals surface area contributed by atoms with Crippen LogP contribution in [0.25, 0.3) is 0 Å². The topological polar surface area (TPSA) is 78.2 Å². The lowest BCUT2D eigenvalue weighted by Crippen LogP contribution is -2.14. The van der Waals surface area contributed by atoms with Gasteiger partial charge in [-0.25, -0.2) is 4.79 Å². The Morgan fingerprint density at radius 2 is 1.78 bits per heavy atom. The largest absolute Gasteiger partial charge is 0.478 e. The summed E-state index contributed by atoms with van der Waals surface area (Å²) in [6, 6.07) is 4.68. The number of carbonyl (C=O) groups is 2. The Hall–Kier alpha value is -1.97. The van der Waals surface area contributed by atoms with Crippen LogP contribution >= 0.6 is 0 Å². The first-order chi connectivity index (χ1) is 8.36. The van der Waals surface area contributed by atoms with E-state index in [1.54, 1.807) is 19.1 Å². The van der Waals surface area contributed by atoms with Crippen LogP contribution in [0.3, 0.4) is 0 Å². The fourth-order valence-corrected chi connectivity index (χ4v) is 1.59. The first kappa shape index (κ1) is 14.1. The Balaban J connectivity index is 3.31. The smallest absolute Gasteiger partial charge is 0.335 e. The zero-order valence-electron chi connectivity index (χ0n) is 10.8. The van der Waals surface area contributed by atoms with Gasteiger partial charge >= 0.3 is 5.97 Å². The van der Waals surface area contributed by atoms with Crippen molar-refractivity contribution in [3.8, 4) is 0 Å². The third kappa shape index (κ3) is 3.03. The summed E-state index contributed by atoms with van der Waals surface area (Å²) >= 11 is 0. The van der Waals surface area contributed by atoms with Crippen molar-refractivity contribution in [3.63, 3.8) is 0 Å². The summed E-state index contributed by atoms with van der Waals surface area (Å²) in [4.78, 5) is 22.5. The van der Waals surface area contributed by atoms with E-state index in [2.05, 4.69) is 0 Å². The van der Waals surface area contributed by atoms with Crippen molar-refractivity contribution in [3.05, 3.63) is 34.9 Å². The first-order valence-electron chi connectivity index (χ1n) is 5.87. The molecule has 4 nitrogen and oxygen atoms in total. The van der Waals surface area contributed by atoms with Crippen LogP contribution in [0.4, 0.5) is 0 Å². The number of benzene rings is 1. The molecule has 0 amide bonds. The summed E-state index contributed by atoms with van der Waals surface area (Å²) in [6.45, 7) is 5.56. The molecule has 0 saturated heterocycles. The van der Waals surface area contributed by atoms with Gasteiger partial charge < -0.3 is 5.11 Å². The molecular weight excluding hydrogens is 230 g/mol. The summed E-state index contributed by atoms with van der Waals surface area (Å²) in [6.07, 6.45) is 0.243. The highest BCUT2D eigenvalue weighted by Crippen LogP contribution is 2.19. The lowest BCUT2D eigenvalue weighted by molar-refractivity contribution is -0.112. The van der Waals surface area contributed by atoms with Crippen molar-refractivity contribution in [2.75, 3.05) is 0 Å². The summed E-state index contributed by atoms with van der Waals surface area (Å²) < 4.78 is 0. The SMILES string of the molecule is CCC(=O)C(=N)c1cc(C(=O)O)cc(C(C)C)c1. The molecular formula is C14H17NO3. The zero-order valence-corrected chi connectivity index (χ0v) is 10.8. The van der Waals surface area contributed by atoms with Crippen molar-refractivity contribution >= 4 is 17.5 Å². The highest BCUT2D eigenvalue weighted by Gasteiger charge is 2.15. The van der Waals surface area contributed by atoms with Crippen LogP contribution in [0.15, 0.2) is 18.2 Å². The van der Waals surface area contributed by atoms with Gasteiger partial charge in [0.2, 0.25) is 0 Å². The van der Waals surface area contributed by atoms with Crippen molar-refractivity contribution in [2.24, 2.45) is 0 Å². The number of aromatic carboxylic acids is 1. The highest BCUT2D eigenvalue weighted by atomic mass is 16.4. The molecule has 1 aromatic rings. The van der Waals surface area contributed by atoms with E-state index in [-0.39, 0.29) is 29.4 Å².